The minimum absolute atomic E-state index is 0.0148. The lowest BCUT2D eigenvalue weighted by Gasteiger charge is -2.32. The van der Waals surface area contributed by atoms with Crippen LogP contribution in [0.2, 0.25) is 0 Å². The molecule has 736 valence electrons. The summed E-state index contributed by atoms with van der Waals surface area (Å²) in [4.78, 5) is 235. The van der Waals surface area contributed by atoms with E-state index >= 15 is 0 Å². The van der Waals surface area contributed by atoms with Crippen LogP contribution in [0, 0.1) is 3.57 Å². The molecule has 16 N–H and O–H groups in total. The Morgan fingerprint density at radius 3 is 0.791 bits per heavy atom. The number of halogens is 2. The first-order valence-corrected chi connectivity index (χ1v) is 45.3. The average Bonchev–Trinajstić information content (AvgIpc) is 0.847. The van der Waals surface area contributed by atoms with Gasteiger partial charge in [-0.15, -0.1) is 0 Å². The summed E-state index contributed by atoms with van der Waals surface area (Å²) in [6.45, 7) is 6.01. The van der Waals surface area contributed by atoms with Crippen molar-refractivity contribution in [3.05, 3.63) is 138 Å². The number of unbranched alkanes of at least 4 members (excludes halogenated alkanes) is 2. The third-order valence-corrected chi connectivity index (χ3v) is 22.8. The minimum Gasteiger partial charge on any atom is -0.480 e. The number of aliphatic carboxylic acids is 10. The summed E-state index contributed by atoms with van der Waals surface area (Å²) in [5.41, 5.74) is 3.79. The number of nitrogens with one attached hydrogen (secondary N) is 6. The van der Waals surface area contributed by atoms with Gasteiger partial charge in [0.2, 0.25) is 11.8 Å². The summed E-state index contributed by atoms with van der Waals surface area (Å²) in [6.07, 6.45) is 0.764. The molecule has 134 heavy (non-hydrogen) atoms. The number of urea groups is 2. The normalized spacial score (nSPS) is 15.4. The summed E-state index contributed by atoms with van der Waals surface area (Å²) in [7, 11) is 0. The van der Waals surface area contributed by atoms with Crippen LogP contribution in [0.1, 0.15) is 121 Å². The van der Waals surface area contributed by atoms with Crippen LogP contribution < -0.4 is 31.9 Å². The number of amides is 8. The molecule has 0 unspecified atom stereocenters. The largest absolute Gasteiger partial charge is 0.480 e. The first kappa shape index (κ1) is 113. The highest BCUT2D eigenvalue weighted by molar-refractivity contribution is 14.1. The molecule has 46 heteroatoms. The van der Waals surface area contributed by atoms with Gasteiger partial charge in [-0.2, -0.15) is 0 Å². The molecule has 0 bridgehead atoms. The molecule has 0 spiro atoms. The van der Waals surface area contributed by atoms with E-state index in [0.29, 0.717) is 35.1 Å². The van der Waals surface area contributed by atoms with Crippen molar-refractivity contribution in [3.8, 4) is 0 Å². The molecule has 2 saturated heterocycles. The van der Waals surface area contributed by atoms with E-state index in [1.165, 1.54) is 13.8 Å². The number of nitrogens with zero attached hydrogens (tertiary/aromatic N) is 10. The number of Topliss-reactive ketones (excluding diaryl/α,β-unsaturated/α-hetero) is 2. The lowest BCUT2D eigenvalue weighted by molar-refractivity contribution is -0.141. The van der Waals surface area contributed by atoms with Gasteiger partial charge in [0.15, 0.2) is 0 Å². The fourth-order valence-corrected chi connectivity index (χ4v) is 14.9. The Labute approximate surface area is 796 Å². The molecule has 0 radical (unpaired) electrons. The molecule has 44 nitrogen and oxygen atoms in total. The summed E-state index contributed by atoms with van der Waals surface area (Å²) in [5.74, 6) is -13.6. The van der Waals surface area contributed by atoms with Gasteiger partial charge in [0.05, 0.1) is 52.4 Å². The third-order valence-electron chi connectivity index (χ3n) is 21.6. The molecule has 4 aromatic rings. The van der Waals surface area contributed by atoms with Crippen LogP contribution in [0.5, 0.6) is 0 Å². The Balaban J connectivity index is 0.000000474. The van der Waals surface area contributed by atoms with Crippen molar-refractivity contribution in [2.45, 2.75) is 128 Å². The molecular weight excluding hydrogens is 1940 g/mol. The highest BCUT2D eigenvalue weighted by atomic mass is 127. The quantitative estimate of drug-likeness (QED) is 0.0221. The zero-order chi connectivity index (χ0) is 98.9. The molecule has 6 rings (SSSR count). The monoisotopic (exact) mass is 2060 g/mol. The highest BCUT2D eigenvalue weighted by Crippen LogP contribution is 2.20. The summed E-state index contributed by atoms with van der Waals surface area (Å²) in [6, 6.07) is 20.8. The van der Waals surface area contributed by atoms with E-state index in [1.54, 1.807) is 87.7 Å². The van der Waals surface area contributed by atoms with Gasteiger partial charge in [0.1, 0.15) is 35.7 Å². The van der Waals surface area contributed by atoms with Gasteiger partial charge < -0.3 is 102 Å². The molecule has 4 aromatic carbocycles. The van der Waals surface area contributed by atoms with Gasteiger partial charge in [-0.05, 0) is 159 Å². The summed E-state index contributed by atoms with van der Waals surface area (Å²) < 4.78 is 1.85. The maximum absolute atomic E-state index is 13.9. The van der Waals surface area contributed by atoms with E-state index in [0.717, 1.165) is 19.2 Å². The molecule has 2 heterocycles. The van der Waals surface area contributed by atoms with E-state index in [4.69, 9.17) is 0 Å². The van der Waals surface area contributed by atoms with Gasteiger partial charge in [-0.3, -0.25) is 87.1 Å². The van der Waals surface area contributed by atoms with Crippen LogP contribution in [0.15, 0.2) is 102 Å². The van der Waals surface area contributed by atoms with Crippen LogP contribution in [-0.4, -0.2) is 401 Å². The van der Waals surface area contributed by atoms with Crippen molar-refractivity contribution in [1.82, 2.24) is 80.9 Å². The van der Waals surface area contributed by atoms with Gasteiger partial charge >= 0.3 is 71.8 Å². The smallest absolute Gasteiger partial charge is 0.326 e. The number of hydrogen-bond acceptors (Lipinski definition) is 26. The van der Waals surface area contributed by atoms with Crippen molar-refractivity contribution in [2.24, 2.45) is 0 Å². The van der Waals surface area contributed by atoms with Gasteiger partial charge in [0, 0.05) is 176 Å². The third kappa shape index (κ3) is 47.2. The lowest BCUT2D eigenvalue weighted by Crippen LogP contribution is -2.51. The SMILES string of the molecule is CC(=O)CC[C@@H](NC(=O)N[C@H](CCCCN(Cc1ccc(Br)cc1)C(=O)c1ccc(CNC(=O)CN2CCN(CC(=O)O)CCN(CC(=O)O)CCN(CC(=O)O)CC2)cc1)C(=O)O)C(=O)O.CC(=O)CC[C@@H](NC(=O)N[C@H](CCCCN(Cc1ccc(I)cc1)C(=O)c1ccc(CNC(=O)CN2CCN(CC(=O)O)CCN(CC(=O)O)CCN(CC(=O)O)CC2)cc1)C(=O)O)C(=O)O. The number of carbonyl (C=O) groups is 18. The topological polar surface area (TPSA) is 614 Å². The second-order valence-corrected chi connectivity index (χ2v) is 34.7. The molecule has 2 fully saturated rings. The number of hydrogen-bond donors (Lipinski definition) is 16. The van der Waals surface area contributed by atoms with Gasteiger partial charge in [0.25, 0.3) is 11.8 Å². The fraction of sp³-hybridized carbons (Fsp3) is 0.523. The number of carboxylic acid groups (broad SMARTS) is 10. The summed E-state index contributed by atoms with van der Waals surface area (Å²) >= 11 is 5.58. The molecule has 0 aromatic heterocycles. The number of carbonyl (C=O) groups excluding carboxylic acids is 8. The van der Waals surface area contributed by atoms with E-state index < -0.39 is 95.9 Å². The molecule has 2 aliphatic rings. The number of carboxylic acids is 10. The standard InChI is InChI=1S/C44H61BrN8O14.C44H61IN8O14/c2*1-30(54)5-14-36(43(65)66)48-44(67)47-35(42(63)64)4-2-3-15-53(25-32-8-12-34(45)13-9-32)41(62)33-10-6-31(7-11-33)24-46-37(55)26-49-16-18-50(27-38(56)57)20-22-52(29-40(60)61)23-21-51(19-17-49)28-39(58)59/h2*6-13,35-36H,2-5,14-29H2,1H3,(H,46,55)(H,56,57)(H,58,59)(H,60,61)(H,63,64)(H,65,66)(H2,47,48,67)/t2*35-,36-/m11/s1. The Hall–Kier alpha value is -11.8. The predicted molar refractivity (Wildman–Crippen MR) is 493 cm³/mol. The van der Waals surface area contributed by atoms with E-state index in [1.807, 2.05) is 58.3 Å². The van der Waals surface area contributed by atoms with Crippen LogP contribution in [0.25, 0.3) is 0 Å². The summed E-state index contributed by atoms with van der Waals surface area (Å²) in [5, 5.41) is 110. The van der Waals surface area contributed by atoms with Gasteiger partial charge in [-0.25, -0.2) is 28.8 Å². The molecule has 0 saturated carbocycles. The van der Waals surface area contributed by atoms with Crippen LogP contribution >= 0.6 is 38.5 Å². The fourth-order valence-electron chi connectivity index (χ4n) is 14.3. The van der Waals surface area contributed by atoms with Crippen molar-refractivity contribution < 1.29 is 137 Å². The highest BCUT2D eigenvalue weighted by Gasteiger charge is 2.31. The first-order valence-electron chi connectivity index (χ1n) is 43.5. The van der Waals surface area contributed by atoms with Crippen molar-refractivity contribution in [3.63, 3.8) is 0 Å². The maximum Gasteiger partial charge on any atom is 0.326 e. The zero-order valence-corrected chi connectivity index (χ0v) is 78.6. The van der Waals surface area contributed by atoms with Crippen molar-refractivity contribution in [2.75, 3.05) is 170 Å². The first-order chi connectivity index (χ1) is 63.5. The zero-order valence-electron chi connectivity index (χ0n) is 74.9. The molecule has 4 atom stereocenters. The van der Waals surface area contributed by atoms with Crippen molar-refractivity contribution >= 4 is 145 Å². The molecular formula is C88H122BrIN16O28. The van der Waals surface area contributed by atoms with E-state index in [-0.39, 0.29) is 283 Å². The van der Waals surface area contributed by atoms with E-state index in [9.17, 15) is 137 Å². The second kappa shape index (κ2) is 60.5. The number of benzene rings is 4. The molecule has 0 aliphatic carbocycles. The number of rotatable bonds is 50. The Morgan fingerprint density at radius 1 is 0.321 bits per heavy atom. The molecule has 8 amide bonds. The Morgan fingerprint density at radius 2 is 0.552 bits per heavy atom. The van der Waals surface area contributed by atoms with Gasteiger partial charge in [-0.1, -0.05) is 64.5 Å². The van der Waals surface area contributed by atoms with Crippen LogP contribution in [0.3, 0.4) is 0 Å². The number of ketones is 2. The minimum atomic E-state index is -1.39. The molecule has 2 aliphatic heterocycles. The van der Waals surface area contributed by atoms with Crippen LogP contribution in [0.4, 0.5) is 9.59 Å². The average molecular weight is 2060 g/mol. The second-order valence-electron chi connectivity index (χ2n) is 32.5. The lowest BCUT2D eigenvalue weighted by atomic mass is 10.1. The Kier molecular flexibility index (Phi) is 50.9. The van der Waals surface area contributed by atoms with E-state index in [2.05, 4.69) is 70.4 Å². The Bertz CT molecular complexity index is 4240. The van der Waals surface area contributed by atoms with Crippen molar-refractivity contribution in [1.29, 1.82) is 0 Å². The predicted octanol–water partition coefficient (Wildman–Crippen LogP) is 1.70. The maximum atomic E-state index is 13.9. The van der Waals surface area contributed by atoms with Crippen LogP contribution in [-0.2, 0) is 93.3 Å².